The lowest BCUT2D eigenvalue weighted by Gasteiger charge is -2.40. The highest BCUT2D eigenvalue weighted by Gasteiger charge is 2.35. The minimum atomic E-state index is 0.00912. The van der Waals surface area contributed by atoms with Gasteiger partial charge in [0.05, 0.1) is 12.2 Å². The number of likely N-dealkylation sites (N-methyl/N-ethyl adjacent to an activating group) is 1. The number of hydrogen-bond acceptors (Lipinski definition) is 15. The summed E-state index contributed by atoms with van der Waals surface area (Å²) < 4.78 is 10.9. The molecule has 0 aliphatic carbocycles. The normalized spacial score (nSPS) is 19.8. The zero-order valence-electron chi connectivity index (χ0n) is 68.4. The van der Waals surface area contributed by atoms with Gasteiger partial charge in [-0.3, -0.25) is 48.2 Å². The van der Waals surface area contributed by atoms with Crippen LogP contribution in [0, 0.1) is 47.3 Å². The van der Waals surface area contributed by atoms with Crippen molar-refractivity contribution in [1.29, 1.82) is 0 Å². The first kappa shape index (κ1) is 92.8. The van der Waals surface area contributed by atoms with E-state index < -0.39 is 0 Å². The lowest BCUT2D eigenvalue weighted by molar-refractivity contribution is -0.151. The van der Waals surface area contributed by atoms with Gasteiger partial charge in [0, 0.05) is 193 Å². The summed E-state index contributed by atoms with van der Waals surface area (Å²) in [6.45, 7) is 66.6. The number of likely N-dealkylation sites (tertiary alicyclic amines) is 6. The Labute approximate surface area is 607 Å². The molecule has 0 aromatic carbocycles. The fourth-order valence-corrected chi connectivity index (χ4v) is 11.8. The van der Waals surface area contributed by atoms with E-state index in [1.807, 2.05) is 184 Å². The second-order valence-corrected chi connectivity index (χ2v) is 32.6. The number of nitrogens with zero attached hydrogens (tertiary/aromatic N) is 9. The van der Waals surface area contributed by atoms with Gasteiger partial charge in [0.1, 0.15) is 0 Å². The third-order valence-corrected chi connectivity index (χ3v) is 18.3. The number of carbonyl (C=O) groups excluding carboxylic acids is 8. The Morgan fingerprint density at radius 2 is 0.720 bits per heavy atom. The molecule has 6 fully saturated rings. The van der Waals surface area contributed by atoms with E-state index in [2.05, 4.69) is 82.8 Å². The van der Waals surface area contributed by atoms with Gasteiger partial charge in [0.25, 0.3) is 0 Å². The SMILES string of the molecule is CC(C)C(=O)N(C)C1CCN(C(C)C)C1.CC(C)C(=O)NC1CCN(C(=O)C(C)C)C1.CC(C)C(=O)NC1CCN(C(=O)C(C)C)C1.CC(C)C(=O)NC1CCN(C(C)C)C1.CC(C)NC1CCN(C(=O)C(C)C)CC1.CC(C)OC1CN(C(=O)C(C)C)C1.CC(C)c1nnc(C(C)C)o1. The lowest BCUT2D eigenvalue weighted by atomic mass is 10.0. The van der Waals surface area contributed by atoms with Gasteiger partial charge in [-0.15, -0.1) is 10.2 Å². The Bertz CT molecular complexity index is 2470. The Kier molecular flexibility index (Phi) is 43.1. The predicted octanol–water partition coefficient (Wildman–Crippen LogP) is 10.1. The van der Waals surface area contributed by atoms with Gasteiger partial charge >= 0.3 is 0 Å². The number of carbonyl (C=O) groups is 8. The van der Waals surface area contributed by atoms with Crippen LogP contribution >= 0.6 is 0 Å². The van der Waals surface area contributed by atoms with Gasteiger partial charge in [-0.05, 0) is 80.1 Å². The van der Waals surface area contributed by atoms with Crippen LogP contribution in [0.4, 0.5) is 0 Å². The summed E-state index contributed by atoms with van der Waals surface area (Å²) in [6.07, 6.45) is 6.68. The molecule has 0 saturated carbocycles. The van der Waals surface area contributed by atoms with E-state index in [1.54, 1.807) is 0 Å². The first-order chi connectivity index (χ1) is 46.4. The lowest BCUT2D eigenvalue weighted by Crippen LogP contribution is -2.56. The van der Waals surface area contributed by atoms with E-state index in [4.69, 9.17) is 9.15 Å². The molecule has 0 bridgehead atoms. The van der Waals surface area contributed by atoms with E-state index in [-0.39, 0.29) is 113 Å². The Morgan fingerprint density at radius 1 is 0.390 bits per heavy atom. The fourth-order valence-electron chi connectivity index (χ4n) is 11.8. The molecule has 23 heteroatoms. The molecule has 4 N–H and O–H groups in total. The van der Waals surface area contributed by atoms with Gasteiger partial charge in [-0.25, -0.2) is 0 Å². The highest BCUT2D eigenvalue weighted by atomic mass is 16.5. The quantitative estimate of drug-likeness (QED) is 0.0947. The van der Waals surface area contributed by atoms with E-state index in [0.29, 0.717) is 67.1 Å². The van der Waals surface area contributed by atoms with Crippen LogP contribution < -0.4 is 21.3 Å². The van der Waals surface area contributed by atoms with Crippen LogP contribution in [-0.4, -0.2) is 238 Å². The molecule has 8 amide bonds. The topological polar surface area (TPSA) is 256 Å². The standard InChI is InChI=1S/2C12H22N2O2.2C12H24N2O.C11H22N2O.C10H19NO2.C8H14N2O/c2*1-8(2)11(15)13-10-5-6-14(7-10)12(16)9(3)4;1-9(2)12(15)13(5)11-6-7-14(8-11)10(3)4;1-9(2)12(15)14-7-5-11(6-8-14)13-10(3)4;1-8(2)11(14)12-10-5-6-13(7-10)9(3)4;1-7(2)10(12)11-5-9(6-11)13-8(3)4;1-5(2)7-9-10-8(11-7)6(3)4/h2*8-10H,5-7H2,1-4H3,(H,13,15);9-11H,6-8H2,1-5H3;9-11,13H,5-8H2,1-4H3;8-10H,5-7H2,1-4H3,(H,12,14);7-9H,5-6H2,1-4H3;5-6H,1-4H3. The molecular weight excluding hydrogens is 1270 g/mol. The van der Waals surface area contributed by atoms with Gasteiger partial charge in [-0.1, -0.05) is 152 Å². The van der Waals surface area contributed by atoms with Crippen LogP contribution in [0.3, 0.4) is 0 Å². The second kappa shape index (κ2) is 46.5. The Morgan fingerprint density at radius 3 is 1.03 bits per heavy atom. The summed E-state index contributed by atoms with van der Waals surface area (Å²) in [6, 6.07) is 3.39. The van der Waals surface area contributed by atoms with Crippen LogP contribution in [0.2, 0.25) is 0 Å². The Balaban J connectivity index is 0.000000585. The smallest absolute Gasteiger partial charge is 0.225 e. The summed E-state index contributed by atoms with van der Waals surface area (Å²) in [4.78, 5) is 107. The van der Waals surface area contributed by atoms with Crippen molar-refractivity contribution >= 4 is 47.3 Å². The Hall–Kier alpha value is -5.26. The number of rotatable bonds is 20. The molecule has 7 rings (SSSR count). The van der Waals surface area contributed by atoms with Crippen molar-refractivity contribution in [3.63, 3.8) is 0 Å². The van der Waals surface area contributed by atoms with Gasteiger partial charge in [-0.2, -0.15) is 0 Å². The van der Waals surface area contributed by atoms with Crippen LogP contribution in [-0.2, 0) is 43.1 Å². The zero-order valence-corrected chi connectivity index (χ0v) is 68.4. The molecule has 100 heavy (non-hydrogen) atoms. The average molecular weight is 1420 g/mol. The molecule has 7 heterocycles. The summed E-state index contributed by atoms with van der Waals surface area (Å²) in [5, 5.41) is 20.4. The van der Waals surface area contributed by atoms with Crippen molar-refractivity contribution in [2.45, 2.75) is 305 Å². The van der Waals surface area contributed by atoms with E-state index in [0.717, 1.165) is 116 Å². The van der Waals surface area contributed by atoms with Crippen molar-refractivity contribution in [1.82, 2.24) is 65.8 Å². The number of nitrogens with one attached hydrogen (secondary N) is 4. The van der Waals surface area contributed by atoms with Crippen LogP contribution in [0.25, 0.3) is 0 Å². The van der Waals surface area contributed by atoms with E-state index >= 15 is 0 Å². The van der Waals surface area contributed by atoms with Crippen molar-refractivity contribution < 1.29 is 47.5 Å². The minimum absolute atomic E-state index is 0.00912. The van der Waals surface area contributed by atoms with Crippen molar-refractivity contribution in [2.75, 3.05) is 85.6 Å². The monoisotopic (exact) mass is 1410 g/mol. The largest absolute Gasteiger partial charge is 0.425 e. The molecule has 0 radical (unpaired) electrons. The first-order valence-corrected chi connectivity index (χ1v) is 38.4. The molecule has 1 aromatic heterocycles. The number of hydrogen-bond donors (Lipinski definition) is 4. The summed E-state index contributed by atoms with van der Waals surface area (Å²) in [5.74, 6) is 4.19. The minimum Gasteiger partial charge on any atom is -0.425 e. The maximum Gasteiger partial charge on any atom is 0.225 e. The van der Waals surface area contributed by atoms with Gasteiger partial charge in [0.15, 0.2) is 0 Å². The highest BCUT2D eigenvalue weighted by Crippen LogP contribution is 2.22. The third-order valence-electron chi connectivity index (χ3n) is 18.3. The molecule has 6 saturated heterocycles. The fraction of sp³-hybridized carbons (Fsp3) is 0.870. The molecule has 0 spiro atoms. The first-order valence-electron chi connectivity index (χ1n) is 38.4. The zero-order chi connectivity index (χ0) is 76.7. The molecule has 6 aliphatic heterocycles. The number of aromatic nitrogens is 2. The predicted molar refractivity (Wildman–Crippen MR) is 403 cm³/mol. The summed E-state index contributed by atoms with van der Waals surface area (Å²) >= 11 is 0. The molecule has 4 unspecified atom stereocenters. The molecule has 23 nitrogen and oxygen atoms in total. The summed E-state index contributed by atoms with van der Waals surface area (Å²) in [5.41, 5.74) is 0. The van der Waals surface area contributed by atoms with Crippen molar-refractivity contribution in [3.8, 4) is 0 Å². The van der Waals surface area contributed by atoms with Crippen LogP contribution in [0.15, 0.2) is 4.42 Å². The summed E-state index contributed by atoms with van der Waals surface area (Å²) in [7, 11) is 1.94. The van der Waals surface area contributed by atoms with E-state index in [9.17, 15) is 38.4 Å². The highest BCUT2D eigenvalue weighted by molar-refractivity contribution is 5.82. The maximum atomic E-state index is 11.8. The number of ether oxygens (including phenoxy) is 1. The molecule has 580 valence electrons. The van der Waals surface area contributed by atoms with Crippen molar-refractivity contribution in [3.05, 3.63) is 11.8 Å². The van der Waals surface area contributed by atoms with Gasteiger partial charge in [0.2, 0.25) is 59.0 Å². The molecule has 1 aromatic rings. The average Bonchev–Trinajstić information content (AvgIpc) is 1.74. The molecule has 4 atom stereocenters. The molecule has 6 aliphatic rings. The van der Waals surface area contributed by atoms with Crippen molar-refractivity contribution in [2.24, 2.45) is 47.3 Å². The van der Waals surface area contributed by atoms with E-state index in [1.165, 1.54) is 0 Å². The second-order valence-electron chi connectivity index (χ2n) is 32.6. The van der Waals surface area contributed by atoms with Gasteiger partial charge < -0.3 is 54.9 Å². The maximum absolute atomic E-state index is 11.8. The number of piperidine rings is 1. The molecular formula is C77H147N13O10. The third kappa shape index (κ3) is 34.8. The van der Waals surface area contributed by atoms with Crippen LogP contribution in [0.5, 0.6) is 0 Å². The van der Waals surface area contributed by atoms with Crippen LogP contribution in [0.1, 0.15) is 256 Å². The number of amides is 8.